The summed E-state index contributed by atoms with van der Waals surface area (Å²) in [6.07, 6.45) is 0.478. The lowest BCUT2D eigenvalue weighted by atomic mass is 10.1. The van der Waals surface area contributed by atoms with Gasteiger partial charge in [-0.1, -0.05) is 36.4 Å². The lowest BCUT2D eigenvalue weighted by molar-refractivity contribution is -0.121. The predicted molar refractivity (Wildman–Crippen MR) is 136 cm³/mol. The molecule has 0 radical (unpaired) electrons. The van der Waals surface area contributed by atoms with Crippen LogP contribution in [0, 0.1) is 13.8 Å². The summed E-state index contributed by atoms with van der Waals surface area (Å²) in [5.74, 6) is 0.542. The summed E-state index contributed by atoms with van der Waals surface area (Å²) in [6.45, 7) is 10.2. The zero-order valence-electron chi connectivity index (χ0n) is 21.3. The average molecular weight is 484 g/mol. The molecule has 0 aliphatic heterocycles. The van der Waals surface area contributed by atoms with Gasteiger partial charge in [-0.25, -0.2) is 4.79 Å². The van der Waals surface area contributed by atoms with Crippen molar-refractivity contribution in [2.45, 2.75) is 66.0 Å². The van der Waals surface area contributed by atoms with E-state index in [1.54, 1.807) is 26.8 Å². The second kappa shape index (κ2) is 13.4. The zero-order valence-corrected chi connectivity index (χ0v) is 21.3. The van der Waals surface area contributed by atoms with E-state index in [4.69, 9.17) is 9.47 Å². The van der Waals surface area contributed by atoms with E-state index < -0.39 is 11.7 Å². The van der Waals surface area contributed by atoms with Crippen molar-refractivity contribution in [2.75, 3.05) is 18.5 Å². The van der Waals surface area contributed by atoms with E-state index in [1.165, 1.54) is 0 Å². The van der Waals surface area contributed by atoms with Crippen LogP contribution in [-0.2, 0) is 20.9 Å². The molecule has 0 atom stereocenters. The van der Waals surface area contributed by atoms with Crippen molar-refractivity contribution in [3.63, 3.8) is 0 Å². The van der Waals surface area contributed by atoms with Gasteiger partial charge >= 0.3 is 6.09 Å². The van der Waals surface area contributed by atoms with Gasteiger partial charge in [-0.15, -0.1) is 0 Å². The molecule has 8 heteroatoms. The molecular weight excluding hydrogens is 446 g/mol. The van der Waals surface area contributed by atoms with Crippen LogP contribution in [0.3, 0.4) is 0 Å². The van der Waals surface area contributed by atoms with Crippen molar-refractivity contribution < 1.29 is 23.9 Å². The third kappa shape index (κ3) is 10.5. The topological polar surface area (TPSA) is 106 Å². The molecule has 3 amide bonds. The Hall–Kier alpha value is -3.55. The molecule has 0 bridgehead atoms. The monoisotopic (exact) mass is 483 g/mol. The summed E-state index contributed by atoms with van der Waals surface area (Å²) < 4.78 is 11.0. The van der Waals surface area contributed by atoms with E-state index in [0.717, 1.165) is 22.4 Å². The van der Waals surface area contributed by atoms with Crippen molar-refractivity contribution in [2.24, 2.45) is 0 Å². The van der Waals surface area contributed by atoms with Crippen molar-refractivity contribution in [1.82, 2.24) is 10.6 Å². The highest BCUT2D eigenvalue weighted by Gasteiger charge is 2.16. The van der Waals surface area contributed by atoms with Gasteiger partial charge in [-0.05, 0) is 63.8 Å². The van der Waals surface area contributed by atoms with Gasteiger partial charge in [0, 0.05) is 31.6 Å². The number of benzene rings is 2. The quantitative estimate of drug-likeness (QED) is 0.404. The third-order valence-corrected chi connectivity index (χ3v) is 4.99. The highest BCUT2D eigenvalue weighted by Crippen LogP contribution is 2.22. The molecule has 0 spiro atoms. The smallest absolute Gasteiger partial charge is 0.407 e. The number of ether oxygens (including phenoxy) is 2. The minimum atomic E-state index is -0.595. The maximum absolute atomic E-state index is 12.3. The van der Waals surface area contributed by atoms with Gasteiger partial charge in [0.1, 0.15) is 11.4 Å². The number of carbonyl (C=O) groups excluding carboxylic acids is 3. The molecule has 2 aromatic carbocycles. The highest BCUT2D eigenvalue weighted by molar-refractivity contribution is 5.92. The zero-order chi connectivity index (χ0) is 25.8. The standard InChI is InChI=1S/C27H37N3O5/c1-19-10-8-11-20(2)25(19)34-17-9-14-23(31)29-18-21-12-6-7-13-22(21)30-24(32)15-16-28-26(33)35-27(3,4)5/h6-8,10-13H,9,14-18H2,1-5H3,(H,28,33)(H,29,31)(H,30,32). The number of nitrogens with one attached hydrogen (secondary N) is 3. The molecule has 0 saturated carbocycles. The van der Waals surface area contributed by atoms with Crippen LogP contribution >= 0.6 is 0 Å². The fourth-order valence-electron chi connectivity index (χ4n) is 3.32. The molecular formula is C27H37N3O5. The summed E-state index contributed by atoms with van der Waals surface area (Å²) in [7, 11) is 0. The van der Waals surface area contributed by atoms with Crippen LogP contribution in [0.4, 0.5) is 10.5 Å². The Kier molecular flexibility index (Phi) is 10.6. The fourth-order valence-corrected chi connectivity index (χ4v) is 3.32. The van der Waals surface area contributed by atoms with Gasteiger partial charge < -0.3 is 25.4 Å². The lowest BCUT2D eigenvalue weighted by Gasteiger charge is -2.19. The van der Waals surface area contributed by atoms with Gasteiger partial charge in [0.25, 0.3) is 0 Å². The van der Waals surface area contributed by atoms with Crippen LogP contribution in [-0.4, -0.2) is 36.7 Å². The van der Waals surface area contributed by atoms with Crippen LogP contribution in [0.25, 0.3) is 0 Å². The van der Waals surface area contributed by atoms with Gasteiger partial charge in [0.2, 0.25) is 11.8 Å². The van der Waals surface area contributed by atoms with Crippen LogP contribution in [0.15, 0.2) is 42.5 Å². The number of hydrogen-bond donors (Lipinski definition) is 3. The van der Waals surface area contributed by atoms with Crippen LogP contribution < -0.4 is 20.7 Å². The first kappa shape index (κ1) is 27.7. The first-order valence-electron chi connectivity index (χ1n) is 11.9. The summed E-state index contributed by atoms with van der Waals surface area (Å²) >= 11 is 0. The predicted octanol–water partition coefficient (Wildman–Crippen LogP) is 4.63. The number of alkyl carbamates (subject to hydrolysis) is 1. The maximum Gasteiger partial charge on any atom is 0.407 e. The number of rotatable bonds is 11. The van der Waals surface area contributed by atoms with Crippen molar-refractivity contribution in [3.8, 4) is 5.75 Å². The Morgan fingerprint density at radius 3 is 2.23 bits per heavy atom. The Morgan fingerprint density at radius 1 is 0.857 bits per heavy atom. The minimum Gasteiger partial charge on any atom is -0.493 e. The van der Waals surface area contributed by atoms with Crippen LogP contribution in [0.2, 0.25) is 0 Å². The normalized spacial score (nSPS) is 10.9. The number of para-hydroxylation sites is 2. The number of aryl methyl sites for hydroxylation is 2. The van der Waals surface area contributed by atoms with Gasteiger partial charge in [0.05, 0.1) is 6.61 Å². The van der Waals surface area contributed by atoms with Gasteiger partial charge in [-0.2, -0.15) is 0 Å². The third-order valence-electron chi connectivity index (χ3n) is 4.99. The van der Waals surface area contributed by atoms with Crippen LogP contribution in [0.1, 0.15) is 56.7 Å². The Balaban J connectivity index is 1.73. The van der Waals surface area contributed by atoms with E-state index in [1.807, 2.05) is 50.2 Å². The fraction of sp³-hybridized carbons (Fsp3) is 0.444. The SMILES string of the molecule is Cc1cccc(C)c1OCCCC(=O)NCc1ccccc1NC(=O)CCNC(=O)OC(C)(C)C. The first-order valence-corrected chi connectivity index (χ1v) is 11.9. The molecule has 0 aliphatic carbocycles. The molecule has 35 heavy (non-hydrogen) atoms. The Bertz CT molecular complexity index is 994. The Morgan fingerprint density at radius 2 is 1.54 bits per heavy atom. The molecule has 0 aliphatic rings. The summed E-state index contributed by atoms with van der Waals surface area (Å²) in [6, 6.07) is 13.3. The van der Waals surface area contributed by atoms with E-state index in [-0.39, 0.29) is 24.8 Å². The molecule has 0 fully saturated rings. The Labute approximate surface area is 207 Å². The lowest BCUT2D eigenvalue weighted by Crippen LogP contribution is -2.34. The largest absolute Gasteiger partial charge is 0.493 e. The molecule has 0 aromatic heterocycles. The molecule has 0 saturated heterocycles. The van der Waals surface area contributed by atoms with Crippen molar-refractivity contribution >= 4 is 23.6 Å². The first-order chi connectivity index (χ1) is 16.5. The number of hydrogen-bond acceptors (Lipinski definition) is 5. The maximum atomic E-state index is 12.3. The summed E-state index contributed by atoms with van der Waals surface area (Å²) in [4.78, 5) is 36.3. The molecule has 190 valence electrons. The number of anilines is 1. The van der Waals surface area contributed by atoms with E-state index >= 15 is 0 Å². The van der Waals surface area contributed by atoms with Gasteiger partial charge in [0.15, 0.2) is 0 Å². The number of carbonyl (C=O) groups is 3. The average Bonchev–Trinajstić information content (AvgIpc) is 2.76. The summed E-state index contributed by atoms with van der Waals surface area (Å²) in [5, 5.41) is 8.29. The van der Waals surface area contributed by atoms with Crippen molar-refractivity contribution in [1.29, 1.82) is 0 Å². The molecule has 3 N–H and O–H groups in total. The molecule has 0 unspecified atom stereocenters. The van der Waals surface area contributed by atoms with Gasteiger partial charge in [-0.3, -0.25) is 9.59 Å². The molecule has 8 nitrogen and oxygen atoms in total. The molecule has 0 heterocycles. The van der Waals surface area contributed by atoms with Crippen LogP contribution in [0.5, 0.6) is 5.75 Å². The second-order valence-electron chi connectivity index (χ2n) is 9.33. The van der Waals surface area contributed by atoms with Crippen molar-refractivity contribution in [3.05, 3.63) is 59.2 Å². The highest BCUT2D eigenvalue weighted by atomic mass is 16.6. The molecule has 2 aromatic rings. The van der Waals surface area contributed by atoms with E-state index in [2.05, 4.69) is 16.0 Å². The van der Waals surface area contributed by atoms with E-state index in [9.17, 15) is 14.4 Å². The summed E-state index contributed by atoms with van der Waals surface area (Å²) in [5.41, 5.74) is 2.97. The second-order valence-corrected chi connectivity index (χ2v) is 9.33. The molecule has 2 rings (SSSR count). The number of amides is 3. The van der Waals surface area contributed by atoms with E-state index in [0.29, 0.717) is 31.7 Å². The minimum absolute atomic E-state index is 0.0854.